The van der Waals surface area contributed by atoms with Gasteiger partial charge in [-0.25, -0.2) is 4.79 Å². The van der Waals surface area contributed by atoms with Crippen LogP contribution in [0.2, 0.25) is 0 Å². The van der Waals surface area contributed by atoms with Gasteiger partial charge in [0.05, 0.1) is 4.92 Å². The third kappa shape index (κ3) is 2.42. The monoisotopic (exact) mass is 252 g/mol. The molecule has 0 radical (unpaired) electrons. The van der Waals surface area contributed by atoms with Crippen LogP contribution in [0.4, 0.5) is 11.4 Å². The van der Waals surface area contributed by atoms with E-state index in [1.165, 1.54) is 31.9 Å². The van der Waals surface area contributed by atoms with Gasteiger partial charge in [0, 0.05) is 13.1 Å². The normalized spacial score (nSPS) is 11.1. The summed E-state index contributed by atoms with van der Waals surface area (Å²) in [6.45, 7) is 4.75. The fourth-order valence-corrected chi connectivity index (χ4v) is 1.51. The number of carbonyl (C=O) groups is 1. The van der Waals surface area contributed by atoms with E-state index in [2.05, 4.69) is 0 Å². The molecule has 0 aromatic heterocycles. The molecule has 0 heterocycles. The second-order valence-electron chi connectivity index (χ2n) is 4.67. The smallest absolute Gasteiger partial charge is 0.328 e. The first kappa shape index (κ1) is 14.0. The number of hydrogen-bond acceptors (Lipinski definition) is 4. The van der Waals surface area contributed by atoms with E-state index in [9.17, 15) is 14.9 Å². The number of rotatable bonds is 4. The number of likely N-dealkylation sites (N-methyl/N-ethyl adjacent to an activating group) is 1. The Morgan fingerprint density at radius 1 is 1.44 bits per heavy atom. The fraction of sp³-hybridized carbons (Fsp3) is 0.417. The highest BCUT2D eigenvalue weighted by Gasteiger charge is 2.35. The molecular weight excluding hydrogens is 236 g/mol. The molecule has 0 saturated heterocycles. The maximum atomic E-state index is 11.2. The van der Waals surface area contributed by atoms with Crippen LogP contribution in [0.3, 0.4) is 0 Å². The third-order valence-electron chi connectivity index (χ3n) is 3.05. The molecule has 1 aromatic rings. The number of benzene rings is 1. The Kier molecular flexibility index (Phi) is 3.59. The Labute approximate surface area is 105 Å². The maximum absolute atomic E-state index is 11.2. The zero-order valence-electron chi connectivity index (χ0n) is 10.8. The van der Waals surface area contributed by atoms with Crippen molar-refractivity contribution >= 4 is 17.3 Å². The summed E-state index contributed by atoms with van der Waals surface area (Å²) in [7, 11) is 1.53. The van der Waals surface area contributed by atoms with E-state index < -0.39 is 16.4 Å². The molecule has 0 aliphatic carbocycles. The van der Waals surface area contributed by atoms with Crippen LogP contribution in [0.15, 0.2) is 18.2 Å². The van der Waals surface area contributed by atoms with Crippen LogP contribution in [0.1, 0.15) is 19.4 Å². The molecule has 0 fully saturated rings. The molecule has 18 heavy (non-hydrogen) atoms. The summed E-state index contributed by atoms with van der Waals surface area (Å²) in [4.78, 5) is 23.1. The molecule has 1 rings (SSSR count). The minimum absolute atomic E-state index is 0.0909. The molecule has 6 nitrogen and oxygen atoms in total. The molecule has 0 unspecified atom stereocenters. The summed E-state index contributed by atoms with van der Waals surface area (Å²) in [6, 6.07) is 4.72. The number of hydrogen-bond donors (Lipinski definition) is 1. The van der Waals surface area contributed by atoms with E-state index in [1.807, 2.05) is 0 Å². The predicted molar refractivity (Wildman–Crippen MR) is 68.0 cm³/mol. The topological polar surface area (TPSA) is 83.7 Å². The summed E-state index contributed by atoms with van der Waals surface area (Å²) >= 11 is 0. The number of carboxylic acids is 1. The summed E-state index contributed by atoms with van der Waals surface area (Å²) in [5.74, 6) is -1.04. The molecule has 0 amide bonds. The summed E-state index contributed by atoms with van der Waals surface area (Å²) < 4.78 is 0. The molecule has 0 aliphatic heterocycles. The highest BCUT2D eigenvalue weighted by Crippen LogP contribution is 2.32. The zero-order valence-corrected chi connectivity index (χ0v) is 10.8. The van der Waals surface area contributed by atoms with Crippen molar-refractivity contribution in [1.29, 1.82) is 0 Å². The van der Waals surface area contributed by atoms with Crippen molar-refractivity contribution in [2.75, 3.05) is 11.9 Å². The lowest BCUT2D eigenvalue weighted by atomic mass is 10.0. The van der Waals surface area contributed by atoms with Gasteiger partial charge >= 0.3 is 5.97 Å². The van der Waals surface area contributed by atoms with Crippen LogP contribution >= 0.6 is 0 Å². The number of anilines is 1. The van der Waals surface area contributed by atoms with Gasteiger partial charge in [-0.1, -0.05) is 6.07 Å². The molecular formula is C12H16N2O4. The average molecular weight is 252 g/mol. The lowest BCUT2D eigenvalue weighted by Gasteiger charge is -2.33. The van der Waals surface area contributed by atoms with Crippen LogP contribution in [0.5, 0.6) is 0 Å². The summed E-state index contributed by atoms with van der Waals surface area (Å²) in [5, 5.41) is 20.2. The molecule has 0 spiro atoms. The maximum Gasteiger partial charge on any atom is 0.328 e. The van der Waals surface area contributed by atoms with Crippen molar-refractivity contribution in [1.82, 2.24) is 0 Å². The third-order valence-corrected chi connectivity index (χ3v) is 3.05. The average Bonchev–Trinajstić information content (AvgIpc) is 2.27. The summed E-state index contributed by atoms with van der Waals surface area (Å²) in [5.41, 5.74) is -0.267. The summed E-state index contributed by atoms with van der Waals surface area (Å²) in [6.07, 6.45) is 0. The van der Waals surface area contributed by atoms with Crippen LogP contribution in [0.25, 0.3) is 0 Å². The molecule has 0 aliphatic rings. The lowest BCUT2D eigenvalue weighted by Crippen LogP contribution is -2.48. The quantitative estimate of drug-likeness (QED) is 0.656. The van der Waals surface area contributed by atoms with E-state index in [0.717, 1.165) is 5.56 Å². The number of nitro groups is 1. The van der Waals surface area contributed by atoms with Gasteiger partial charge < -0.3 is 10.0 Å². The van der Waals surface area contributed by atoms with Crippen molar-refractivity contribution in [3.63, 3.8) is 0 Å². The van der Waals surface area contributed by atoms with Gasteiger partial charge in [0.25, 0.3) is 5.69 Å². The Balaban J connectivity index is 3.33. The first-order valence-corrected chi connectivity index (χ1v) is 5.40. The highest BCUT2D eigenvalue weighted by atomic mass is 16.6. The minimum atomic E-state index is -1.22. The van der Waals surface area contributed by atoms with E-state index in [0.29, 0.717) is 0 Å². The fourth-order valence-electron chi connectivity index (χ4n) is 1.51. The van der Waals surface area contributed by atoms with Crippen LogP contribution in [-0.4, -0.2) is 28.6 Å². The number of carboxylic acid groups (broad SMARTS) is 1. The Bertz CT molecular complexity index is 497. The second-order valence-corrected chi connectivity index (χ2v) is 4.67. The van der Waals surface area contributed by atoms with Gasteiger partial charge in [0.2, 0.25) is 0 Å². The van der Waals surface area contributed by atoms with Crippen molar-refractivity contribution in [2.24, 2.45) is 0 Å². The van der Waals surface area contributed by atoms with Crippen LogP contribution < -0.4 is 4.90 Å². The predicted octanol–water partition coefficient (Wildman–Crippen LogP) is 2.20. The number of nitro benzene ring substituents is 1. The Hall–Kier alpha value is -2.11. The second kappa shape index (κ2) is 4.64. The van der Waals surface area contributed by atoms with Crippen molar-refractivity contribution < 1.29 is 14.8 Å². The minimum Gasteiger partial charge on any atom is -0.480 e. The van der Waals surface area contributed by atoms with E-state index >= 15 is 0 Å². The lowest BCUT2D eigenvalue weighted by molar-refractivity contribution is -0.384. The standard InChI is InChI=1S/C12H16N2O4/c1-8-5-6-9(10(7-8)14(17)18)13(4)12(2,3)11(15)16/h5-7H,1-4H3,(H,15,16). The number of aryl methyl sites for hydroxylation is 1. The molecule has 0 saturated carbocycles. The van der Waals surface area contributed by atoms with Gasteiger partial charge in [0.1, 0.15) is 11.2 Å². The van der Waals surface area contributed by atoms with Gasteiger partial charge in [-0.15, -0.1) is 0 Å². The largest absolute Gasteiger partial charge is 0.480 e. The number of aliphatic carboxylic acids is 1. The van der Waals surface area contributed by atoms with Gasteiger partial charge in [0.15, 0.2) is 0 Å². The first-order chi connectivity index (χ1) is 8.17. The van der Waals surface area contributed by atoms with Gasteiger partial charge in [-0.3, -0.25) is 10.1 Å². The first-order valence-electron chi connectivity index (χ1n) is 5.40. The van der Waals surface area contributed by atoms with Crippen molar-refractivity contribution in [2.45, 2.75) is 26.3 Å². The number of nitrogens with zero attached hydrogens (tertiary/aromatic N) is 2. The molecule has 98 valence electrons. The molecule has 1 N–H and O–H groups in total. The molecule has 1 aromatic carbocycles. The van der Waals surface area contributed by atoms with Crippen LogP contribution in [0, 0.1) is 17.0 Å². The van der Waals surface area contributed by atoms with Crippen molar-refractivity contribution in [3.8, 4) is 0 Å². The zero-order chi connectivity index (χ0) is 14.1. The molecule has 6 heteroatoms. The van der Waals surface area contributed by atoms with Gasteiger partial charge in [-0.05, 0) is 32.4 Å². The molecule has 0 atom stereocenters. The van der Waals surface area contributed by atoms with Gasteiger partial charge in [-0.2, -0.15) is 0 Å². The SMILES string of the molecule is Cc1ccc(N(C)C(C)(C)C(=O)O)c([N+](=O)[O-])c1. The van der Waals surface area contributed by atoms with E-state index in [1.54, 1.807) is 19.1 Å². The Morgan fingerprint density at radius 3 is 2.44 bits per heavy atom. The Morgan fingerprint density at radius 2 is 2.00 bits per heavy atom. The van der Waals surface area contributed by atoms with E-state index in [4.69, 9.17) is 5.11 Å². The molecule has 0 bridgehead atoms. The van der Waals surface area contributed by atoms with Crippen molar-refractivity contribution in [3.05, 3.63) is 33.9 Å². The van der Waals surface area contributed by atoms with E-state index in [-0.39, 0.29) is 11.4 Å². The van der Waals surface area contributed by atoms with Crippen LogP contribution in [-0.2, 0) is 4.79 Å². The highest BCUT2D eigenvalue weighted by molar-refractivity contribution is 5.84.